The molecule has 0 unspecified atom stereocenters. The maximum Gasteiger partial charge on any atom is 0.191 e. The largest absolute Gasteiger partial charge is 0.383 e. The molecule has 17 heavy (non-hydrogen) atoms. The van der Waals surface area contributed by atoms with E-state index in [0.717, 1.165) is 24.5 Å². The second-order valence-corrected chi connectivity index (χ2v) is 4.37. The summed E-state index contributed by atoms with van der Waals surface area (Å²) in [5.41, 5.74) is 5.77. The van der Waals surface area contributed by atoms with Gasteiger partial charge in [-0.2, -0.15) is 0 Å². The minimum absolute atomic E-state index is 0.482. The summed E-state index contributed by atoms with van der Waals surface area (Å²) >= 11 is 1.48. The van der Waals surface area contributed by atoms with E-state index in [1.165, 1.54) is 11.8 Å². The number of hydrogen-bond donors (Lipinski definition) is 1. The van der Waals surface area contributed by atoms with Crippen molar-refractivity contribution in [3.8, 4) is 5.82 Å². The highest BCUT2D eigenvalue weighted by molar-refractivity contribution is 7.98. The number of hydrogen-bond acceptors (Lipinski definition) is 5. The normalized spacial score (nSPS) is 10.7. The third-order valence-electron chi connectivity index (χ3n) is 2.33. The topological polar surface area (TPSA) is 69.6 Å². The summed E-state index contributed by atoms with van der Waals surface area (Å²) < 4.78 is 1.96. The van der Waals surface area contributed by atoms with Gasteiger partial charge in [0.25, 0.3) is 0 Å². The number of rotatable bonds is 4. The Kier molecular flexibility index (Phi) is 3.63. The van der Waals surface area contributed by atoms with Crippen LogP contribution in [0.1, 0.15) is 19.2 Å². The van der Waals surface area contributed by atoms with Gasteiger partial charge in [-0.15, -0.1) is 0 Å². The van der Waals surface area contributed by atoms with E-state index in [1.807, 2.05) is 17.0 Å². The van der Waals surface area contributed by atoms with Gasteiger partial charge < -0.3 is 5.73 Å². The Hall–Kier alpha value is -1.56. The molecule has 0 spiro atoms. The molecule has 0 aliphatic heterocycles. The Bertz CT molecular complexity index is 508. The number of imidazole rings is 1. The molecule has 6 heteroatoms. The monoisotopic (exact) mass is 249 g/mol. The van der Waals surface area contributed by atoms with Crippen LogP contribution < -0.4 is 5.73 Å². The fraction of sp³-hybridized carbons (Fsp3) is 0.364. The van der Waals surface area contributed by atoms with Crippen LogP contribution in [0.5, 0.6) is 0 Å². The number of nitrogen functional groups attached to an aromatic ring is 1. The van der Waals surface area contributed by atoms with Crippen molar-refractivity contribution < 1.29 is 0 Å². The SMILES string of the molecule is CCCc1nccn1-c1cc(N)nc(SC)n1. The van der Waals surface area contributed by atoms with Crippen molar-refractivity contribution in [2.45, 2.75) is 24.9 Å². The molecule has 0 saturated carbocycles. The molecule has 0 saturated heterocycles. The molecule has 0 bridgehead atoms. The fourth-order valence-electron chi connectivity index (χ4n) is 1.60. The number of thioether (sulfide) groups is 1. The minimum atomic E-state index is 0.482. The van der Waals surface area contributed by atoms with Gasteiger partial charge >= 0.3 is 0 Å². The molecule has 0 radical (unpaired) electrons. The Morgan fingerprint density at radius 1 is 1.41 bits per heavy atom. The summed E-state index contributed by atoms with van der Waals surface area (Å²) in [4.78, 5) is 12.9. The summed E-state index contributed by atoms with van der Waals surface area (Å²) in [5.74, 6) is 2.26. The predicted molar refractivity (Wildman–Crippen MR) is 69.3 cm³/mol. The molecule has 2 heterocycles. The average Bonchev–Trinajstić information content (AvgIpc) is 2.77. The molecule has 5 nitrogen and oxygen atoms in total. The quantitative estimate of drug-likeness (QED) is 0.662. The highest BCUT2D eigenvalue weighted by Gasteiger charge is 2.08. The van der Waals surface area contributed by atoms with Crippen LogP contribution in [0.25, 0.3) is 5.82 Å². The molecule has 0 atom stereocenters. The lowest BCUT2D eigenvalue weighted by Crippen LogP contribution is -2.05. The lowest BCUT2D eigenvalue weighted by molar-refractivity contribution is 0.785. The zero-order valence-corrected chi connectivity index (χ0v) is 10.7. The summed E-state index contributed by atoms with van der Waals surface area (Å²) in [7, 11) is 0. The third kappa shape index (κ3) is 2.58. The predicted octanol–water partition coefficient (Wildman–Crippen LogP) is 1.92. The van der Waals surface area contributed by atoms with Crippen LogP contribution in [0.3, 0.4) is 0 Å². The first-order chi connectivity index (χ1) is 8.24. The molecule has 0 amide bonds. The van der Waals surface area contributed by atoms with Crippen LogP contribution >= 0.6 is 11.8 Å². The van der Waals surface area contributed by atoms with E-state index in [1.54, 1.807) is 12.3 Å². The second kappa shape index (κ2) is 5.18. The van der Waals surface area contributed by atoms with Crippen LogP contribution in [0.2, 0.25) is 0 Å². The van der Waals surface area contributed by atoms with Crippen molar-refractivity contribution in [1.82, 2.24) is 19.5 Å². The molecule has 0 aromatic carbocycles. The summed E-state index contributed by atoms with van der Waals surface area (Å²) in [6.07, 6.45) is 7.58. The number of anilines is 1. The van der Waals surface area contributed by atoms with Crippen LogP contribution in [0.15, 0.2) is 23.6 Å². The van der Waals surface area contributed by atoms with Crippen molar-refractivity contribution in [2.75, 3.05) is 12.0 Å². The van der Waals surface area contributed by atoms with E-state index in [9.17, 15) is 0 Å². The summed E-state index contributed by atoms with van der Waals surface area (Å²) in [6.45, 7) is 2.13. The third-order valence-corrected chi connectivity index (χ3v) is 2.88. The molecule has 90 valence electrons. The van der Waals surface area contributed by atoms with Gasteiger partial charge in [0.1, 0.15) is 17.5 Å². The zero-order chi connectivity index (χ0) is 12.3. The van der Waals surface area contributed by atoms with E-state index in [0.29, 0.717) is 11.0 Å². The van der Waals surface area contributed by atoms with Crippen molar-refractivity contribution in [3.63, 3.8) is 0 Å². The van der Waals surface area contributed by atoms with Crippen LogP contribution in [0.4, 0.5) is 5.82 Å². The highest BCUT2D eigenvalue weighted by atomic mass is 32.2. The first-order valence-corrected chi connectivity index (χ1v) is 6.68. The summed E-state index contributed by atoms with van der Waals surface area (Å²) in [5, 5.41) is 0.677. The van der Waals surface area contributed by atoms with E-state index in [2.05, 4.69) is 21.9 Å². The van der Waals surface area contributed by atoms with Crippen LogP contribution in [0, 0.1) is 0 Å². The highest BCUT2D eigenvalue weighted by Crippen LogP contribution is 2.16. The van der Waals surface area contributed by atoms with Gasteiger partial charge in [-0.25, -0.2) is 15.0 Å². The fourth-order valence-corrected chi connectivity index (χ4v) is 1.98. The molecule has 2 aromatic heterocycles. The Morgan fingerprint density at radius 3 is 2.94 bits per heavy atom. The second-order valence-electron chi connectivity index (χ2n) is 3.60. The molecule has 0 aliphatic rings. The smallest absolute Gasteiger partial charge is 0.191 e. The Morgan fingerprint density at radius 2 is 2.24 bits per heavy atom. The standard InChI is InChI=1S/C11H15N5S/c1-3-4-9-13-5-6-16(9)10-7-8(12)14-11(15-10)17-2/h5-7H,3-4H2,1-2H3,(H2,12,14,15). The lowest BCUT2D eigenvalue weighted by Gasteiger charge is -2.07. The van der Waals surface area contributed by atoms with Gasteiger partial charge in [0, 0.05) is 24.9 Å². The van der Waals surface area contributed by atoms with Gasteiger partial charge in [0.15, 0.2) is 5.16 Å². The molecule has 2 N–H and O–H groups in total. The van der Waals surface area contributed by atoms with E-state index < -0.39 is 0 Å². The molecular formula is C11H15N5S. The molecule has 0 fully saturated rings. The molecule has 0 aliphatic carbocycles. The Labute approximate surface area is 104 Å². The van der Waals surface area contributed by atoms with Crippen molar-refractivity contribution in [2.24, 2.45) is 0 Å². The van der Waals surface area contributed by atoms with Gasteiger partial charge in [-0.05, 0) is 12.7 Å². The first kappa shape index (κ1) is 11.9. The number of aryl methyl sites for hydroxylation is 1. The number of nitrogens with zero attached hydrogens (tertiary/aromatic N) is 4. The van der Waals surface area contributed by atoms with Gasteiger partial charge in [-0.1, -0.05) is 18.7 Å². The molecule has 2 aromatic rings. The van der Waals surface area contributed by atoms with Crippen LogP contribution in [-0.4, -0.2) is 25.8 Å². The number of nitrogens with two attached hydrogens (primary N) is 1. The van der Waals surface area contributed by atoms with Crippen molar-refractivity contribution in [3.05, 3.63) is 24.3 Å². The number of aromatic nitrogens is 4. The van der Waals surface area contributed by atoms with Crippen molar-refractivity contribution >= 4 is 17.6 Å². The van der Waals surface area contributed by atoms with Gasteiger partial charge in [-0.3, -0.25) is 4.57 Å². The van der Waals surface area contributed by atoms with Crippen LogP contribution in [-0.2, 0) is 6.42 Å². The van der Waals surface area contributed by atoms with E-state index in [-0.39, 0.29) is 0 Å². The zero-order valence-electron chi connectivity index (χ0n) is 9.92. The minimum Gasteiger partial charge on any atom is -0.383 e. The lowest BCUT2D eigenvalue weighted by atomic mass is 10.3. The maximum atomic E-state index is 5.77. The van der Waals surface area contributed by atoms with Gasteiger partial charge in [0.05, 0.1) is 0 Å². The van der Waals surface area contributed by atoms with E-state index in [4.69, 9.17) is 5.73 Å². The molecule has 2 rings (SSSR count). The van der Waals surface area contributed by atoms with Gasteiger partial charge in [0.2, 0.25) is 0 Å². The Balaban J connectivity index is 2.44. The maximum absolute atomic E-state index is 5.77. The van der Waals surface area contributed by atoms with Crippen molar-refractivity contribution in [1.29, 1.82) is 0 Å². The van der Waals surface area contributed by atoms with E-state index >= 15 is 0 Å². The summed E-state index contributed by atoms with van der Waals surface area (Å²) in [6, 6.07) is 1.76. The molecular weight excluding hydrogens is 234 g/mol. The first-order valence-electron chi connectivity index (χ1n) is 5.45. The average molecular weight is 249 g/mol.